The Balaban J connectivity index is 3.14. The van der Waals surface area contributed by atoms with Gasteiger partial charge >= 0.3 is 0 Å². The highest BCUT2D eigenvalue weighted by atomic mass is 16.5. The number of ether oxygens (including phenoxy) is 1. The van der Waals surface area contributed by atoms with Gasteiger partial charge < -0.3 is 15.4 Å². The maximum absolute atomic E-state index is 7.64. The predicted molar refractivity (Wildman–Crippen MR) is 76.7 cm³/mol. The Kier molecular flexibility index (Phi) is 4.22. The molecule has 0 radical (unpaired) electrons. The maximum Gasteiger partial charge on any atom is 0.124 e. The van der Waals surface area contributed by atoms with E-state index in [1.807, 2.05) is 25.2 Å². The van der Waals surface area contributed by atoms with Crippen LogP contribution in [0.5, 0.6) is 5.75 Å². The van der Waals surface area contributed by atoms with Crippen LogP contribution in [-0.4, -0.2) is 26.5 Å². The Morgan fingerprint density at radius 3 is 2.44 bits per heavy atom. The average Bonchev–Trinajstić information content (AvgIpc) is 2.25. The Labute approximate surface area is 109 Å². The molecule has 0 bridgehead atoms. The number of methoxy groups -OCH3 is 1. The third-order valence-electron chi connectivity index (χ3n) is 2.62. The van der Waals surface area contributed by atoms with Crippen LogP contribution < -0.4 is 15.4 Å². The Hall–Kier alpha value is -1.71. The minimum absolute atomic E-state index is 0.0772. The number of nitrogens with two attached hydrogens (primary N) is 1. The quantitative estimate of drug-likeness (QED) is 0.636. The van der Waals surface area contributed by atoms with Crippen molar-refractivity contribution in [3.05, 3.63) is 23.8 Å². The molecule has 0 unspecified atom stereocenters. The van der Waals surface area contributed by atoms with E-state index in [-0.39, 0.29) is 11.3 Å². The fraction of sp³-hybridized carbons (Fsp3) is 0.500. The van der Waals surface area contributed by atoms with E-state index in [0.717, 1.165) is 23.5 Å². The van der Waals surface area contributed by atoms with Gasteiger partial charge in [0.2, 0.25) is 0 Å². The summed E-state index contributed by atoms with van der Waals surface area (Å²) >= 11 is 0. The first kappa shape index (κ1) is 14.4. The van der Waals surface area contributed by atoms with Crippen molar-refractivity contribution in [3.63, 3.8) is 0 Å². The summed E-state index contributed by atoms with van der Waals surface area (Å²) in [5.41, 5.74) is 7.46. The molecule has 1 rings (SSSR count). The van der Waals surface area contributed by atoms with Crippen molar-refractivity contribution in [2.75, 3.05) is 25.6 Å². The summed E-state index contributed by atoms with van der Waals surface area (Å²) in [5.74, 6) is 0.851. The SMILES string of the molecule is COc1ccc(C(=N)N)c(N(C)CC(C)(C)C)c1. The standard InChI is InChI=1S/C14H23N3O/c1-14(2,3)9-17(4)12-8-10(18-5)6-7-11(12)13(15)16/h6-8H,9H2,1-5H3,(H3,15,16). The third-order valence-corrected chi connectivity index (χ3v) is 2.62. The molecule has 4 nitrogen and oxygen atoms in total. The van der Waals surface area contributed by atoms with E-state index in [2.05, 4.69) is 25.7 Å². The minimum atomic E-state index is 0.0772. The van der Waals surface area contributed by atoms with Gasteiger partial charge in [-0.1, -0.05) is 20.8 Å². The van der Waals surface area contributed by atoms with Crippen LogP contribution in [0.3, 0.4) is 0 Å². The van der Waals surface area contributed by atoms with Gasteiger partial charge in [-0.15, -0.1) is 0 Å². The molecule has 0 aliphatic rings. The van der Waals surface area contributed by atoms with Crippen molar-refractivity contribution >= 4 is 11.5 Å². The monoisotopic (exact) mass is 249 g/mol. The molecule has 0 atom stereocenters. The number of nitrogens with one attached hydrogen (secondary N) is 1. The summed E-state index contributed by atoms with van der Waals surface area (Å²) in [6.45, 7) is 7.41. The Morgan fingerprint density at radius 1 is 1.39 bits per heavy atom. The summed E-state index contributed by atoms with van der Waals surface area (Å²) < 4.78 is 5.23. The highest BCUT2D eigenvalue weighted by Gasteiger charge is 2.17. The van der Waals surface area contributed by atoms with Crippen molar-refractivity contribution in [2.24, 2.45) is 11.1 Å². The zero-order valence-electron chi connectivity index (χ0n) is 11.9. The zero-order chi connectivity index (χ0) is 13.9. The maximum atomic E-state index is 7.64. The fourth-order valence-corrected chi connectivity index (χ4v) is 1.98. The van der Waals surface area contributed by atoms with Crippen LogP contribution >= 0.6 is 0 Å². The van der Waals surface area contributed by atoms with Gasteiger partial charge in [0, 0.05) is 25.2 Å². The second-order valence-electron chi connectivity index (χ2n) is 5.71. The van der Waals surface area contributed by atoms with Crippen molar-refractivity contribution in [3.8, 4) is 5.75 Å². The largest absolute Gasteiger partial charge is 0.497 e. The van der Waals surface area contributed by atoms with Gasteiger partial charge in [0.05, 0.1) is 12.8 Å². The lowest BCUT2D eigenvalue weighted by molar-refractivity contribution is 0.411. The van der Waals surface area contributed by atoms with Gasteiger partial charge in [-0.3, -0.25) is 5.41 Å². The lowest BCUT2D eigenvalue weighted by atomic mass is 9.95. The molecule has 0 spiro atoms. The first-order chi connectivity index (χ1) is 8.24. The molecule has 4 heteroatoms. The van der Waals surface area contributed by atoms with Gasteiger partial charge in [-0.05, 0) is 17.5 Å². The molecule has 0 aliphatic heterocycles. The number of hydrogen-bond acceptors (Lipinski definition) is 3. The van der Waals surface area contributed by atoms with Crippen LogP contribution in [0, 0.1) is 10.8 Å². The summed E-state index contributed by atoms with van der Waals surface area (Å²) in [5, 5.41) is 7.64. The summed E-state index contributed by atoms with van der Waals surface area (Å²) in [4.78, 5) is 2.11. The first-order valence-electron chi connectivity index (χ1n) is 5.98. The van der Waals surface area contributed by atoms with Gasteiger partial charge in [-0.2, -0.15) is 0 Å². The number of nitrogen functional groups attached to an aromatic ring is 1. The molecule has 0 amide bonds. The number of hydrogen-bond donors (Lipinski definition) is 2. The molecule has 3 N–H and O–H groups in total. The van der Waals surface area contributed by atoms with Crippen LogP contribution in [0.15, 0.2) is 18.2 Å². The fourth-order valence-electron chi connectivity index (χ4n) is 1.98. The highest BCUT2D eigenvalue weighted by molar-refractivity contribution is 6.00. The van der Waals surface area contributed by atoms with Crippen molar-refractivity contribution in [2.45, 2.75) is 20.8 Å². The molecule has 0 fully saturated rings. The van der Waals surface area contributed by atoms with Gasteiger partial charge in [0.25, 0.3) is 0 Å². The lowest BCUT2D eigenvalue weighted by Gasteiger charge is -2.29. The molecule has 1 aromatic carbocycles. The van der Waals surface area contributed by atoms with Crippen molar-refractivity contribution < 1.29 is 4.74 Å². The molecule has 0 aliphatic carbocycles. The second-order valence-corrected chi connectivity index (χ2v) is 5.71. The Bertz CT molecular complexity index is 435. The highest BCUT2D eigenvalue weighted by Crippen LogP contribution is 2.27. The summed E-state index contributed by atoms with van der Waals surface area (Å²) in [6.07, 6.45) is 0. The van der Waals surface area contributed by atoms with Gasteiger partial charge in [-0.25, -0.2) is 0 Å². The molecule has 100 valence electrons. The third kappa shape index (κ3) is 3.65. The number of rotatable bonds is 4. The van der Waals surface area contributed by atoms with E-state index in [4.69, 9.17) is 15.9 Å². The van der Waals surface area contributed by atoms with Gasteiger partial charge in [0.1, 0.15) is 11.6 Å². The van der Waals surface area contributed by atoms with E-state index in [1.165, 1.54) is 0 Å². The topological polar surface area (TPSA) is 62.3 Å². The molecule has 0 saturated carbocycles. The molecular formula is C14H23N3O. The second kappa shape index (κ2) is 5.29. The van der Waals surface area contributed by atoms with Crippen molar-refractivity contribution in [1.29, 1.82) is 5.41 Å². The molecular weight excluding hydrogens is 226 g/mol. The number of amidine groups is 1. The van der Waals surface area contributed by atoms with Crippen LogP contribution in [0.25, 0.3) is 0 Å². The molecule has 18 heavy (non-hydrogen) atoms. The van der Waals surface area contributed by atoms with Crippen LogP contribution in [0.2, 0.25) is 0 Å². The minimum Gasteiger partial charge on any atom is -0.497 e. The zero-order valence-corrected chi connectivity index (χ0v) is 11.9. The number of anilines is 1. The first-order valence-corrected chi connectivity index (χ1v) is 5.98. The normalized spacial score (nSPS) is 11.2. The molecule has 1 aromatic rings. The van der Waals surface area contributed by atoms with Crippen LogP contribution in [-0.2, 0) is 0 Å². The van der Waals surface area contributed by atoms with Crippen LogP contribution in [0.4, 0.5) is 5.69 Å². The van der Waals surface area contributed by atoms with Crippen LogP contribution in [0.1, 0.15) is 26.3 Å². The van der Waals surface area contributed by atoms with Gasteiger partial charge in [0.15, 0.2) is 0 Å². The summed E-state index contributed by atoms with van der Waals surface area (Å²) in [7, 11) is 3.64. The molecule has 0 aromatic heterocycles. The van der Waals surface area contributed by atoms with E-state index in [1.54, 1.807) is 7.11 Å². The summed E-state index contributed by atoms with van der Waals surface area (Å²) in [6, 6.07) is 5.57. The molecule has 0 saturated heterocycles. The van der Waals surface area contributed by atoms with E-state index in [0.29, 0.717) is 0 Å². The van der Waals surface area contributed by atoms with E-state index < -0.39 is 0 Å². The average molecular weight is 249 g/mol. The lowest BCUT2D eigenvalue weighted by Crippen LogP contribution is -2.31. The number of nitrogens with zero attached hydrogens (tertiary/aromatic N) is 1. The van der Waals surface area contributed by atoms with E-state index in [9.17, 15) is 0 Å². The number of benzene rings is 1. The van der Waals surface area contributed by atoms with Crippen molar-refractivity contribution in [1.82, 2.24) is 0 Å². The Morgan fingerprint density at radius 2 is 2.00 bits per heavy atom. The van der Waals surface area contributed by atoms with E-state index >= 15 is 0 Å². The smallest absolute Gasteiger partial charge is 0.124 e. The molecule has 0 heterocycles. The predicted octanol–water partition coefficient (Wildman–Crippen LogP) is 2.46.